The Morgan fingerprint density at radius 3 is 2.56 bits per heavy atom. The van der Waals surface area contributed by atoms with Gasteiger partial charge in [-0.15, -0.1) is 0 Å². The van der Waals surface area contributed by atoms with E-state index in [2.05, 4.69) is 0 Å². The standard InChI is InChI=1S/C13H24N2O3/c1-3-10(9-14)8-11(16)15-7-5-6-13(15,4-2)12(17)18/h10H,3-9,14H2,1-2H3,(H,17,18). The summed E-state index contributed by atoms with van der Waals surface area (Å²) in [6.07, 6.45) is 3.01. The zero-order valence-electron chi connectivity index (χ0n) is 11.3. The number of carboxylic acids is 1. The Labute approximate surface area is 108 Å². The first-order valence-electron chi connectivity index (χ1n) is 6.75. The Bertz CT molecular complexity index is 315. The summed E-state index contributed by atoms with van der Waals surface area (Å²) in [5.74, 6) is -0.785. The first-order valence-corrected chi connectivity index (χ1v) is 6.75. The molecule has 1 aliphatic heterocycles. The number of aliphatic carboxylic acids is 1. The average molecular weight is 256 g/mol. The van der Waals surface area contributed by atoms with Crippen molar-refractivity contribution in [2.24, 2.45) is 11.7 Å². The molecule has 1 rings (SSSR count). The Kier molecular flexibility index (Phi) is 5.14. The molecule has 5 heteroatoms. The molecule has 0 saturated carbocycles. The number of hydrogen-bond acceptors (Lipinski definition) is 3. The van der Waals surface area contributed by atoms with Gasteiger partial charge in [-0.3, -0.25) is 4.79 Å². The number of carboxylic acid groups (broad SMARTS) is 1. The molecular weight excluding hydrogens is 232 g/mol. The number of hydrogen-bond donors (Lipinski definition) is 2. The molecule has 0 aliphatic carbocycles. The van der Waals surface area contributed by atoms with Gasteiger partial charge in [0.05, 0.1) is 0 Å². The normalized spacial score (nSPS) is 25.2. The van der Waals surface area contributed by atoms with Crippen molar-refractivity contribution in [3.8, 4) is 0 Å². The zero-order chi connectivity index (χ0) is 13.8. The molecule has 3 N–H and O–H groups in total. The van der Waals surface area contributed by atoms with Gasteiger partial charge < -0.3 is 15.7 Å². The molecule has 1 amide bonds. The van der Waals surface area contributed by atoms with Crippen LogP contribution in [0.2, 0.25) is 0 Å². The number of nitrogens with zero attached hydrogens (tertiary/aromatic N) is 1. The highest BCUT2D eigenvalue weighted by Crippen LogP contribution is 2.33. The van der Waals surface area contributed by atoms with E-state index in [-0.39, 0.29) is 11.8 Å². The molecule has 0 aromatic carbocycles. The first kappa shape index (κ1) is 15.0. The largest absolute Gasteiger partial charge is 0.479 e. The minimum Gasteiger partial charge on any atom is -0.479 e. The van der Waals surface area contributed by atoms with Gasteiger partial charge in [0.2, 0.25) is 5.91 Å². The third kappa shape index (κ3) is 2.66. The molecule has 5 nitrogen and oxygen atoms in total. The van der Waals surface area contributed by atoms with Gasteiger partial charge in [-0.25, -0.2) is 4.79 Å². The Balaban J connectivity index is 2.80. The van der Waals surface area contributed by atoms with E-state index < -0.39 is 11.5 Å². The molecule has 1 fully saturated rings. The number of carbonyl (C=O) groups is 2. The van der Waals surface area contributed by atoms with Crippen molar-refractivity contribution in [2.75, 3.05) is 13.1 Å². The molecule has 104 valence electrons. The second kappa shape index (κ2) is 6.18. The van der Waals surface area contributed by atoms with E-state index in [1.54, 1.807) is 4.90 Å². The predicted molar refractivity (Wildman–Crippen MR) is 69.1 cm³/mol. The monoisotopic (exact) mass is 256 g/mol. The quantitative estimate of drug-likeness (QED) is 0.748. The van der Waals surface area contributed by atoms with Gasteiger partial charge in [-0.05, 0) is 31.7 Å². The van der Waals surface area contributed by atoms with Crippen LogP contribution in [-0.2, 0) is 9.59 Å². The molecule has 0 bridgehead atoms. The van der Waals surface area contributed by atoms with E-state index >= 15 is 0 Å². The van der Waals surface area contributed by atoms with E-state index in [0.717, 1.165) is 12.8 Å². The second-order valence-electron chi connectivity index (χ2n) is 5.05. The lowest BCUT2D eigenvalue weighted by atomic mass is 9.92. The maximum absolute atomic E-state index is 12.3. The first-order chi connectivity index (χ1) is 8.51. The number of carbonyl (C=O) groups excluding carboxylic acids is 1. The summed E-state index contributed by atoms with van der Waals surface area (Å²) in [5, 5.41) is 9.41. The third-order valence-corrected chi connectivity index (χ3v) is 4.15. The van der Waals surface area contributed by atoms with Crippen molar-refractivity contribution in [2.45, 2.75) is 51.5 Å². The fourth-order valence-corrected chi connectivity index (χ4v) is 2.73. The van der Waals surface area contributed by atoms with E-state index in [1.807, 2.05) is 13.8 Å². The van der Waals surface area contributed by atoms with Crippen LogP contribution in [0.3, 0.4) is 0 Å². The number of amides is 1. The van der Waals surface area contributed by atoms with Crippen LogP contribution in [0, 0.1) is 5.92 Å². The van der Waals surface area contributed by atoms with Gasteiger partial charge in [-0.1, -0.05) is 20.3 Å². The van der Waals surface area contributed by atoms with Gasteiger partial charge in [0.1, 0.15) is 5.54 Å². The van der Waals surface area contributed by atoms with Crippen LogP contribution in [0.15, 0.2) is 0 Å². The summed E-state index contributed by atoms with van der Waals surface area (Å²) < 4.78 is 0. The van der Waals surface area contributed by atoms with Crippen LogP contribution in [0.4, 0.5) is 0 Å². The zero-order valence-corrected chi connectivity index (χ0v) is 11.3. The predicted octanol–water partition coefficient (Wildman–Crippen LogP) is 1.22. The number of rotatable bonds is 6. The SMILES string of the molecule is CCC(CN)CC(=O)N1CCCC1(CC)C(=O)O. The summed E-state index contributed by atoms with van der Waals surface area (Å²) >= 11 is 0. The molecule has 1 aliphatic rings. The summed E-state index contributed by atoms with van der Waals surface area (Å²) in [5.41, 5.74) is 4.62. The van der Waals surface area contributed by atoms with Gasteiger partial charge in [-0.2, -0.15) is 0 Å². The lowest BCUT2D eigenvalue weighted by Crippen LogP contribution is -2.53. The van der Waals surface area contributed by atoms with E-state index in [1.165, 1.54) is 0 Å². The summed E-state index contributed by atoms with van der Waals surface area (Å²) in [6, 6.07) is 0. The van der Waals surface area contributed by atoms with Gasteiger partial charge in [0, 0.05) is 13.0 Å². The van der Waals surface area contributed by atoms with Crippen LogP contribution in [-0.4, -0.2) is 40.5 Å². The molecule has 0 aromatic rings. The van der Waals surface area contributed by atoms with Crippen molar-refractivity contribution in [3.05, 3.63) is 0 Å². The smallest absolute Gasteiger partial charge is 0.329 e. The average Bonchev–Trinajstić information content (AvgIpc) is 2.80. The molecule has 2 atom stereocenters. The van der Waals surface area contributed by atoms with Gasteiger partial charge in [0.15, 0.2) is 0 Å². The van der Waals surface area contributed by atoms with Crippen LogP contribution in [0.5, 0.6) is 0 Å². The third-order valence-electron chi connectivity index (χ3n) is 4.15. The number of nitrogens with two attached hydrogens (primary N) is 1. The Morgan fingerprint density at radius 2 is 2.11 bits per heavy atom. The maximum atomic E-state index is 12.3. The van der Waals surface area contributed by atoms with Crippen molar-refractivity contribution < 1.29 is 14.7 Å². The second-order valence-corrected chi connectivity index (χ2v) is 5.05. The van der Waals surface area contributed by atoms with Crippen molar-refractivity contribution >= 4 is 11.9 Å². The summed E-state index contributed by atoms with van der Waals surface area (Å²) in [7, 11) is 0. The topological polar surface area (TPSA) is 83.6 Å². The van der Waals surface area contributed by atoms with E-state index in [0.29, 0.717) is 32.4 Å². The fraction of sp³-hybridized carbons (Fsp3) is 0.846. The van der Waals surface area contributed by atoms with Crippen LogP contribution < -0.4 is 5.73 Å². The van der Waals surface area contributed by atoms with Crippen LogP contribution in [0.25, 0.3) is 0 Å². The molecule has 0 aromatic heterocycles. The highest BCUT2D eigenvalue weighted by Gasteiger charge is 2.48. The van der Waals surface area contributed by atoms with Crippen LogP contribution >= 0.6 is 0 Å². The molecular formula is C13H24N2O3. The fourth-order valence-electron chi connectivity index (χ4n) is 2.73. The molecule has 1 heterocycles. The Morgan fingerprint density at radius 1 is 1.44 bits per heavy atom. The summed E-state index contributed by atoms with van der Waals surface area (Å²) in [6.45, 7) is 4.86. The molecule has 0 radical (unpaired) electrons. The van der Waals surface area contributed by atoms with E-state index in [9.17, 15) is 14.7 Å². The maximum Gasteiger partial charge on any atom is 0.329 e. The minimum atomic E-state index is -0.982. The molecule has 18 heavy (non-hydrogen) atoms. The highest BCUT2D eigenvalue weighted by atomic mass is 16.4. The minimum absolute atomic E-state index is 0.0611. The molecule has 2 unspecified atom stereocenters. The lowest BCUT2D eigenvalue weighted by molar-refractivity contribution is -0.157. The number of likely N-dealkylation sites (tertiary alicyclic amines) is 1. The highest BCUT2D eigenvalue weighted by molar-refractivity contribution is 5.87. The van der Waals surface area contributed by atoms with Crippen molar-refractivity contribution in [1.29, 1.82) is 0 Å². The van der Waals surface area contributed by atoms with Crippen molar-refractivity contribution in [3.63, 3.8) is 0 Å². The Hall–Kier alpha value is -1.10. The van der Waals surface area contributed by atoms with E-state index in [4.69, 9.17) is 5.73 Å². The molecule has 0 spiro atoms. The summed E-state index contributed by atoms with van der Waals surface area (Å²) in [4.78, 5) is 25.3. The van der Waals surface area contributed by atoms with Gasteiger partial charge in [0.25, 0.3) is 0 Å². The lowest BCUT2D eigenvalue weighted by Gasteiger charge is -2.34. The molecule has 1 saturated heterocycles. The van der Waals surface area contributed by atoms with Crippen molar-refractivity contribution in [1.82, 2.24) is 4.90 Å². The van der Waals surface area contributed by atoms with Gasteiger partial charge >= 0.3 is 5.97 Å². The van der Waals surface area contributed by atoms with Crippen LogP contribution in [0.1, 0.15) is 46.0 Å².